The Morgan fingerprint density at radius 2 is 2.00 bits per heavy atom. The minimum absolute atomic E-state index is 0.0738. The van der Waals surface area contributed by atoms with Gasteiger partial charge in [-0.05, 0) is 13.0 Å². The molecule has 1 aromatic heterocycles. The largest absolute Gasteiger partial charge is 0.434 e. The van der Waals surface area contributed by atoms with E-state index in [4.69, 9.17) is 4.74 Å². The van der Waals surface area contributed by atoms with E-state index in [0.717, 1.165) is 11.3 Å². The Morgan fingerprint density at radius 3 is 2.39 bits per heavy atom. The molecule has 3 nitrogen and oxygen atoms in total. The summed E-state index contributed by atoms with van der Waals surface area (Å²) in [6.45, 7) is 3.93. The highest BCUT2D eigenvalue weighted by atomic mass is 32.1. The number of hydrogen-bond donors (Lipinski definition) is 1. The summed E-state index contributed by atoms with van der Waals surface area (Å²) in [4.78, 5) is 3.92. The van der Waals surface area contributed by atoms with Crippen molar-refractivity contribution in [3.63, 3.8) is 0 Å². The summed E-state index contributed by atoms with van der Waals surface area (Å²) in [6, 6.07) is 0. The van der Waals surface area contributed by atoms with Crippen molar-refractivity contribution in [2.75, 3.05) is 14.2 Å². The first-order chi connectivity index (χ1) is 8.31. The van der Waals surface area contributed by atoms with E-state index in [9.17, 15) is 13.2 Å². The number of thiazole rings is 1. The van der Waals surface area contributed by atoms with Crippen LogP contribution in [0.15, 0.2) is 0 Å². The van der Waals surface area contributed by atoms with E-state index in [1.807, 2.05) is 13.8 Å². The second-order valence-electron chi connectivity index (χ2n) is 4.25. The molecule has 1 aromatic rings. The molecule has 1 heterocycles. The Balaban J connectivity index is 3.16. The first-order valence-corrected chi connectivity index (χ1v) is 6.37. The van der Waals surface area contributed by atoms with Gasteiger partial charge in [-0.3, -0.25) is 0 Å². The van der Waals surface area contributed by atoms with Crippen LogP contribution in [0.3, 0.4) is 0 Å². The second kappa shape index (κ2) is 5.99. The molecule has 7 heteroatoms. The second-order valence-corrected chi connectivity index (χ2v) is 5.37. The molecule has 0 saturated carbocycles. The first-order valence-electron chi connectivity index (χ1n) is 5.55. The molecular formula is C11H17F3N2OS. The Kier molecular flexibility index (Phi) is 5.12. The molecule has 0 aromatic carbocycles. The lowest BCUT2D eigenvalue weighted by Crippen LogP contribution is -2.13. The Hall–Kier alpha value is -0.660. The van der Waals surface area contributed by atoms with Crippen LogP contribution in [0.1, 0.15) is 35.5 Å². The average Bonchev–Trinajstić information content (AvgIpc) is 2.62. The molecule has 0 amide bonds. The fourth-order valence-electron chi connectivity index (χ4n) is 1.65. The van der Waals surface area contributed by atoms with Crippen molar-refractivity contribution in [2.45, 2.75) is 32.7 Å². The van der Waals surface area contributed by atoms with Crippen molar-refractivity contribution in [2.24, 2.45) is 5.92 Å². The molecule has 0 fully saturated rings. The van der Waals surface area contributed by atoms with Crippen molar-refractivity contribution in [3.05, 3.63) is 15.6 Å². The highest BCUT2D eigenvalue weighted by Crippen LogP contribution is 2.38. The summed E-state index contributed by atoms with van der Waals surface area (Å²) in [5.41, 5.74) is -0.806. The maximum atomic E-state index is 12.8. The first kappa shape index (κ1) is 15.4. The van der Waals surface area contributed by atoms with E-state index in [-0.39, 0.29) is 17.3 Å². The van der Waals surface area contributed by atoms with Crippen LogP contribution in [-0.2, 0) is 17.5 Å². The highest BCUT2D eigenvalue weighted by molar-refractivity contribution is 7.11. The third-order valence-corrected chi connectivity index (χ3v) is 3.54. The van der Waals surface area contributed by atoms with Gasteiger partial charge in [0.1, 0.15) is 11.1 Å². The van der Waals surface area contributed by atoms with Gasteiger partial charge in [0.25, 0.3) is 0 Å². The van der Waals surface area contributed by atoms with Gasteiger partial charge in [0, 0.05) is 13.7 Å². The zero-order valence-electron chi connectivity index (χ0n) is 10.8. The molecule has 0 spiro atoms. The fourth-order valence-corrected chi connectivity index (χ4v) is 3.00. The van der Waals surface area contributed by atoms with E-state index < -0.39 is 18.0 Å². The van der Waals surface area contributed by atoms with Crippen LogP contribution in [-0.4, -0.2) is 19.1 Å². The van der Waals surface area contributed by atoms with Gasteiger partial charge in [0.2, 0.25) is 0 Å². The number of aromatic nitrogens is 1. The average molecular weight is 282 g/mol. The molecule has 1 unspecified atom stereocenters. The van der Waals surface area contributed by atoms with E-state index in [1.54, 1.807) is 7.05 Å². The van der Waals surface area contributed by atoms with Crippen LogP contribution in [0.5, 0.6) is 0 Å². The molecule has 0 radical (unpaired) electrons. The number of halogens is 3. The number of nitrogens with zero attached hydrogens (tertiary/aromatic N) is 1. The summed E-state index contributed by atoms with van der Waals surface area (Å²) in [6.07, 6.45) is -4.82. The highest BCUT2D eigenvalue weighted by Gasteiger charge is 2.38. The molecular weight excluding hydrogens is 265 g/mol. The molecule has 1 N–H and O–H groups in total. The van der Waals surface area contributed by atoms with Gasteiger partial charge < -0.3 is 10.1 Å². The normalized spacial score (nSPS) is 14.2. The van der Waals surface area contributed by atoms with Gasteiger partial charge in [-0.2, -0.15) is 13.2 Å². The minimum atomic E-state index is -4.42. The zero-order chi connectivity index (χ0) is 13.9. The van der Waals surface area contributed by atoms with Crippen molar-refractivity contribution < 1.29 is 17.9 Å². The topological polar surface area (TPSA) is 34.1 Å². The van der Waals surface area contributed by atoms with Crippen LogP contribution >= 0.6 is 11.3 Å². The van der Waals surface area contributed by atoms with Crippen molar-refractivity contribution in [1.29, 1.82) is 0 Å². The SMILES string of the molecule is CNCc1sc(C(OC)C(C)C)nc1C(F)(F)F. The molecule has 104 valence electrons. The molecule has 18 heavy (non-hydrogen) atoms. The van der Waals surface area contributed by atoms with E-state index in [0.29, 0.717) is 5.01 Å². The molecule has 0 aliphatic heterocycles. The van der Waals surface area contributed by atoms with Crippen molar-refractivity contribution in [3.8, 4) is 0 Å². The lowest BCUT2D eigenvalue weighted by Gasteiger charge is -2.16. The summed E-state index contributed by atoms with van der Waals surface area (Å²) in [5.74, 6) is 0.0738. The van der Waals surface area contributed by atoms with Crippen molar-refractivity contribution in [1.82, 2.24) is 10.3 Å². The molecule has 1 rings (SSSR count). The molecule has 0 aliphatic carbocycles. The van der Waals surface area contributed by atoms with Gasteiger partial charge in [0.15, 0.2) is 5.69 Å². The molecule has 1 atom stereocenters. The molecule has 0 saturated heterocycles. The lowest BCUT2D eigenvalue weighted by atomic mass is 10.1. The fraction of sp³-hybridized carbons (Fsp3) is 0.727. The van der Waals surface area contributed by atoms with Gasteiger partial charge in [-0.15, -0.1) is 11.3 Å². The predicted molar refractivity (Wildman–Crippen MR) is 64.5 cm³/mol. The number of alkyl halides is 3. The quantitative estimate of drug-likeness (QED) is 0.900. The van der Waals surface area contributed by atoms with E-state index in [2.05, 4.69) is 10.3 Å². The summed E-state index contributed by atoms with van der Waals surface area (Å²) in [5, 5.41) is 3.11. The monoisotopic (exact) mass is 282 g/mol. The standard InChI is InChI=1S/C11H17F3N2OS/c1-6(2)8(17-4)10-16-9(11(12,13)14)7(18-10)5-15-3/h6,8,15H,5H2,1-4H3. The summed E-state index contributed by atoms with van der Waals surface area (Å²) < 4.78 is 43.7. The number of hydrogen-bond acceptors (Lipinski definition) is 4. The zero-order valence-corrected chi connectivity index (χ0v) is 11.6. The number of methoxy groups -OCH3 is 1. The maximum absolute atomic E-state index is 12.8. The van der Waals surface area contributed by atoms with Gasteiger partial charge >= 0.3 is 6.18 Å². The van der Waals surface area contributed by atoms with Crippen molar-refractivity contribution >= 4 is 11.3 Å². The third kappa shape index (κ3) is 3.43. The maximum Gasteiger partial charge on any atom is 0.434 e. The minimum Gasteiger partial charge on any atom is -0.374 e. The van der Waals surface area contributed by atoms with Crippen LogP contribution in [0.4, 0.5) is 13.2 Å². The van der Waals surface area contributed by atoms with E-state index in [1.165, 1.54) is 7.11 Å². The van der Waals surface area contributed by atoms with E-state index >= 15 is 0 Å². The molecule has 0 aliphatic rings. The Morgan fingerprint density at radius 1 is 1.39 bits per heavy atom. The summed E-state index contributed by atoms with van der Waals surface area (Å²) >= 11 is 1.05. The number of rotatable bonds is 5. The number of nitrogens with one attached hydrogen (secondary N) is 1. The summed E-state index contributed by atoms with van der Waals surface area (Å²) in [7, 11) is 3.09. The van der Waals surface area contributed by atoms with Crippen LogP contribution in [0.25, 0.3) is 0 Å². The lowest BCUT2D eigenvalue weighted by molar-refractivity contribution is -0.141. The van der Waals surface area contributed by atoms with Gasteiger partial charge in [0.05, 0.1) is 4.88 Å². The number of ether oxygens (including phenoxy) is 1. The van der Waals surface area contributed by atoms with Crippen LogP contribution in [0, 0.1) is 5.92 Å². The Labute approximate surface area is 108 Å². The van der Waals surface area contributed by atoms with Gasteiger partial charge in [-0.1, -0.05) is 13.8 Å². The third-order valence-electron chi connectivity index (χ3n) is 2.42. The predicted octanol–water partition coefficient (Wildman–Crippen LogP) is 3.22. The van der Waals surface area contributed by atoms with Crippen LogP contribution < -0.4 is 5.32 Å². The Bertz CT molecular complexity index is 390. The smallest absolute Gasteiger partial charge is 0.374 e. The van der Waals surface area contributed by atoms with Gasteiger partial charge in [-0.25, -0.2) is 4.98 Å². The van der Waals surface area contributed by atoms with Crippen LogP contribution in [0.2, 0.25) is 0 Å². The molecule has 0 bridgehead atoms.